The van der Waals surface area contributed by atoms with E-state index in [9.17, 15) is 9.59 Å². The molecule has 0 spiro atoms. The fourth-order valence-corrected chi connectivity index (χ4v) is 4.54. The largest absolute Gasteiger partial charge is 0.493 e. The van der Waals surface area contributed by atoms with Crippen molar-refractivity contribution in [2.45, 2.75) is 13.5 Å². The number of carbonyl (C=O) groups is 1. The Balaban J connectivity index is 1.72. The first-order chi connectivity index (χ1) is 15.6. The predicted octanol–water partition coefficient (Wildman–Crippen LogP) is 4.20. The second-order valence-electron chi connectivity index (χ2n) is 7.05. The Labute approximate surface area is 189 Å². The maximum atomic E-state index is 13.3. The Hall–Kier alpha value is -3.65. The van der Waals surface area contributed by atoms with Gasteiger partial charge in [-0.15, -0.1) is 11.3 Å². The van der Waals surface area contributed by atoms with Gasteiger partial charge >= 0.3 is 0 Å². The van der Waals surface area contributed by atoms with Gasteiger partial charge in [0.25, 0.3) is 5.56 Å². The second kappa shape index (κ2) is 9.23. The lowest BCUT2D eigenvalue weighted by molar-refractivity contribution is -0.119. The number of para-hydroxylation sites is 1. The quantitative estimate of drug-likeness (QED) is 0.423. The smallest absolute Gasteiger partial charge is 0.263 e. The Morgan fingerprint density at radius 3 is 2.53 bits per heavy atom. The minimum absolute atomic E-state index is 0.0915. The number of ether oxygens (including phenoxy) is 2. The molecular weight excluding hydrogens is 426 g/mol. The van der Waals surface area contributed by atoms with Gasteiger partial charge in [0.1, 0.15) is 11.4 Å². The molecule has 7 nitrogen and oxygen atoms in total. The molecule has 0 bridgehead atoms. The van der Waals surface area contributed by atoms with Gasteiger partial charge in [-0.2, -0.15) is 0 Å². The summed E-state index contributed by atoms with van der Waals surface area (Å²) in [4.78, 5) is 33.0. The maximum absolute atomic E-state index is 13.3. The summed E-state index contributed by atoms with van der Waals surface area (Å²) >= 11 is 1.39. The van der Waals surface area contributed by atoms with Crippen molar-refractivity contribution >= 4 is 33.1 Å². The van der Waals surface area contributed by atoms with Gasteiger partial charge in [0.2, 0.25) is 5.91 Å². The number of nitrogens with zero attached hydrogens (tertiary/aromatic N) is 3. The molecule has 4 rings (SSSR count). The molecule has 0 aliphatic carbocycles. The lowest BCUT2D eigenvalue weighted by atomic mass is 10.1. The van der Waals surface area contributed by atoms with E-state index in [1.54, 1.807) is 25.2 Å². The average molecular weight is 450 g/mol. The number of thiophene rings is 1. The minimum atomic E-state index is -0.251. The van der Waals surface area contributed by atoms with E-state index in [-0.39, 0.29) is 18.0 Å². The van der Waals surface area contributed by atoms with Crippen LogP contribution in [0.4, 0.5) is 5.69 Å². The lowest BCUT2D eigenvalue weighted by Crippen LogP contribution is -2.36. The molecule has 0 saturated carbocycles. The molecule has 2 aromatic heterocycles. The van der Waals surface area contributed by atoms with Gasteiger partial charge in [0.05, 0.1) is 25.9 Å². The van der Waals surface area contributed by atoms with Gasteiger partial charge < -0.3 is 14.4 Å². The lowest BCUT2D eigenvalue weighted by Gasteiger charge is -2.21. The van der Waals surface area contributed by atoms with Crippen molar-refractivity contribution in [3.05, 3.63) is 70.6 Å². The molecule has 0 atom stereocenters. The van der Waals surface area contributed by atoms with Crippen LogP contribution in [0.25, 0.3) is 21.3 Å². The molecule has 4 aromatic rings. The third kappa shape index (κ3) is 3.97. The zero-order valence-corrected chi connectivity index (χ0v) is 18.9. The summed E-state index contributed by atoms with van der Waals surface area (Å²) in [6.07, 6.45) is 1.44. The van der Waals surface area contributed by atoms with Crippen molar-refractivity contribution in [2.24, 2.45) is 0 Å². The highest BCUT2D eigenvalue weighted by Crippen LogP contribution is 2.36. The van der Waals surface area contributed by atoms with E-state index < -0.39 is 0 Å². The topological polar surface area (TPSA) is 73.7 Å². The van der Waals surface area contributed by atoms with Gasteiger partial charge in [0.15, 0.2) is 11.5 Å². The number of benzene rings is 2. The van der Waals surface area contributed by atoms with Crippen LogP contribution in [0.2, 0.25) is 0 Å². The summed E-state index contributed by atoms with van der Waals surface area (Å²) < 4.78 is 12.1. The molecule has 0 radical (unpaired) electrons. The molecule has 8 heteroatoms. The van der Waals surface area contributed by atoms with Crippen LogP contribution in [-0.4, -0.2) is 36.2 Å². The third-order valence-electron chi connectivity index (χ3n) is 5.25. The molecule has 164 valence electrons. The Morgan fingerprint density at radius 2 is 1.84 bits per heavy atom. The molecule has 0 fully saturated rings. The van der Waals surface area contributed by atoms with Crippen molar-refractivity contribution in [3.63, 3.8) is 0 Å². The molecule has 0 aliphatic rings. The first kappa shape index (κ1) is 21.6. The van der Waals surface area contributed by atoms with Gasteiger partial charge in [0, 0.05) is 23.2 Å². The fraction of sp³-hybridized carbons (Fsp3) is 0.208. The number of fused-ring (bicyclic) bond motifs is 1. The number of aromatic nitrogens is 2. The summed E-state index contributed by atoms with van der Waals surface area (Å²) in [5.74, 6) is 1.01. The summed E-state index contributed by atoms with van der Waals surface area (Å²) in [5, 5.41) is 2.38. The summed E-state index contributed by atoms with van der Waals surface area (Å²) in [6.45, 7) is 2.32. The van der Waals surface area contributed by atoms with E-state index in [2.05, 4.69) is 4.98 Å². The van der Waals surface area contributed by atoms with Crippen molar-refractivity contribution in [3.8, 4) is 22.6 Å². The predicted molar refractivity (Wildman–Crippen MR) is 127 cm³/mol. The first-order valence-corrected chi connectivity index (χ1v) is 11.0. The molecule has 1 amide bonds. The summed E-state index contributed by atoms with van der Waals surface area (Å²) in [5.41, 5.74) is 2.11. The highest BCUT2D eigenvalue weighted by atomic mass is 32.1. The number of hydrogen-bond acceptors (Lipinski definition) is 6. The first-order valence-electron chi connectivity index (χ1n) is 10.1. The van der Waals surface area contributed by atoms with Crippen LogP contribution >= 0.6 is 11.3 Å². The molecule has 0 N–H and O–H groups in total. The van der Waals surface area contributed by atoms with E-state index in [0.29, 0.717) is 28.3 Å². The highest BCUT2D eigenvalue weighted by molar-refractivity contribution is 7.17. The van der Waals surface area contributed by atoms with Crippen molar-refractivity contribution in [1.82, 2.24) is 9.55 Å². The van der Waals surface area contributed by atoms with Crippen LogP contribution in [0, 0.1) is 0 Å². The Bertz CT molecular complexity index is 1310. The Morgan fingerprint density at radius 1 is 1.09 bits per heavy atom. The summed E-state index contributed by atoms with van der Waals surface area (Å²) in [6, 6.07) is 14.9. The number of amides is 1. The molecular formula is C24H23N3O4S. The van der Waals surface area contributed by atoms with Crippen molar-refractivity contribution in [1.29, 1.82) is 0 Å². The average Bonchev–Trinajstić information content (AvgIpc) is 3.26. The van der Waals surface area contributed by atoms with E-state index in [0.717, 1.165) is 16.8 Å². The monoisotopic (exact) mass is 449 g/mol. The number of rotatable bonds is 7. The van der Waals surface area contributed by atoms with Crippen LogP contribution < -0.4 is 19.9 Å². The second-order valence-corrected chi connectivity index (χ2v) is 7.91. The molecule has 32 heavy (non-hydrogen) atoms. The van der Waals surface area contributed by atoms with Crippen LogP contribution in [-0.2, 0) is 11.3 Å². The number of hydrogen-bond donors (Lipinski definition) is 0. The van der Waals surface area contributed by atoms with Gasteiger partial charge in [-0.3, -0.25) is 14.2 Å². The number of methoxy groups -OCH3 is 2. The number of anilines is 1. The minimum Gasteiger partial charge on any atom is -0.493 e. The third-order valence-corrected chi connectivity index (χ3v) is 6.13. The molecule has 2 aromatic carbocycles. The normalized spacial score (nSPS) is 10.8. The molecule has 2 heterocycles. The van der Waals surface area contributed by atoms with E-state index in [1.807, 2.05) is 54.8 Å². The van der Waals surface area contributed by atoms with Crippen LogP contribution in [0.3, 0.4) is 0 Å². The summed E-state index contributed by atoms with van der Waals surface area (Å²) in [7, 11) is 3.14. The van der Waals surface area contributed by atoms with Gasteiger partial charge in [-0.25, -0.2) is 4.98 Å². The maximum Gasteiger partial charge on any atom is 0.263 e. The van der Waals surface area contributed by atoms with Crippen LogP contribution in [0.1, 0.15) is 6.92 Å². The Kier molecular flexibility index (Phi) is 6.23. The zero-order valence-electron chi connectivity index (χ0n) is 18.1. The van der Waals surface area contributed by atoms with Crippen LogP contribution in [0.5, 0.6) is 11.5 Å². The van der Waals surface area contributed by atoms with E-state index in [4.69, 9.17) is 9.47 Å². The highest BCUT2D eigenvalue weighted by Gasteiger charge is 2.19. The van der Waals surface area contributed by atoms with Gasteiger partial charge in [-0.05, 0) is 36.8 Å². The number of carbonyl (C=O) groups excluding carboxylic acids is 1. The fourth-order valence-electron chi connectivity index (χ4n) is 3.64. The molecule has 0 saturated heterocycles. The number of likely N-dealkylation sites (N-methyl/N-ethyl adjacent to an activating group) is 1. The van der Waals surface area contributed by atoms with E-state index in [1.165, 1.54) is 22.2 Å². The van der Waals surface area contributed by atoms with Crippen molar-refractivity contribution < 1.29 is 14.3 Å². The van der Waals surface area contributed by atoms with Gasteiger partial charge in [-0.1, -0.05) is 24.3 Å². The molecule has 0 unspecified atom stereocenters. The standard InChI is InChI=1S/C24H23N3O4S/c1-4-27(17-8-6-5-7-9-17)21(28)13-26-15-25-23-22(24(26)29)18(14-32-23)16-10-11-19(30-2)20(12-16)31-3/h5-12,14-15H,4,13H2,1-3H3. The SMILES string of the molecule is CCN(C(=O)Cn1cnc2scc(-c3ccc(OC)c(OC)c3)c2c1=O)c1ccccc1. The molecule has 0 aliphatic heterocycles. The van der Waals surface area contributed by atoms with E-state index >= 15 is 0 Å². The zero-order chi connectivity index (χ0) is 22.7. The van der Waals surface area contributed by atoms with Crippen LogP contribution in [0.15, 0.2) is 65.0 Å². The van der Waals surface area contributed by atoms with Crippen molar-refractivity contribution in [2.75, 3.05) is 25.7 Å².